The zero-order valence-corrected chi connectivity index (χ0v) is 15.0. The van der Waals surface area contributed by atoms with E-state index >= 15 is 0 Å². The number of hydrogen-bond donors (Lipinski definition) is 1. The molecule has 106 valence electrons. The van der Waals surface area contributed by atoms with Crippen molar-refractivity contribution in [3.05, 3.63) is 19.2 Å². The summed E-state index contributed by atoms with van der Waals surface area (Å²) in [5, 5.41) is 2.61. The number of rotatable bonds is 3. The number of carbonyl (C=O) groups is 2. The van der Waals surface area contributed by atoms with Crippen LogP contribution in [0.5, 0.6) is 0 Å². The second-order valence-corrected chi connectivity index (χ2v) is 8.19. The molecule has 0 saturated heterocycles. The lowest BCUT2D eigenvalue weighted by Crippen LogP contribution is -2.42. The van der Waals surface area contributed by atoms with Gasteiger partial charge in [0.1, 0.15) is 11.6 Å². The van der Waals surface area contributed by atoms with Crippen LogP contribution in [0.4, 0.5) is 0 Å². The summed E-state index contributed by atoms with van der Waals surface area (Å²) in [5.74, 6) is -0.745. The lowest BCUT2D eigenvalue weighted by Gasteiger charge is -2.22. The standard InChI is InChI=1S/C12H15Br2NO3S/c1-6(11(17)18-12(2,3)4)15-10(16)8-5-7(13)9(14)19-8/h5-6H,1-4H3,(H,15,16)/t6-/m0/s1. The van der Waals surface area contributed by atoms with E-state index in [0.717, 1.165) is 8.26 Å². The predicted octanol–water partition coefficient (Wildman–Crippen LogP) is 3.73. The van der Waals surface area contributed by atoms with E-state index in [4.69, 9.17) is 4.74 Å². The Morgan fingerprint density at radius 3 is 2.37 bits per heavy atom. The summed E-state index contributed by atoms with van der Waals surface area (Å²) in [5.41, 5.74) is -0.564. The second-order valence-electron chi connectivity index (χ2n) is 4.96. The highest BCUT2D eigenvalue weighted by Crippen LogP contribution is 2.32. The van der Waals surface area contributed by atoms with Crippen molar-refractivity contribution < 1.29 is 14.3 Å². The molecule has 1 atom stereocenters. The molecule has 1 heterocycles. The molecule has 0 aliphatic rings. The van der Waals surface area contributed by atoms with Crippen LogP contribution in [0.15, 0.2) is 14.3 Å². The van der Waals surface area contributed by atoms with E-state index in [1.165, 1.54) is 11.3 Å². The van der Waals surface area contributed by atoms with E-state index in [0.29, 0.717) is 4.88 Å². The molecule has 1 amide bonds. The molecule has 0 aliphatic heterocycles. The van der Waals surface area contributed by atoms with Gasteiger partial charge in [0.25, 0.3) is 5.91 Å². The number of hydrogen-bond acceptors (Lipinski definition) is 4. The molecule has 0 unspecified atom stereocenters. The van der Waals surface area contributed by atoms with Gasteiger partial charge in [0.05, 0.1) is 8.66 Å². The Morgan fingerprint density at radius 1 is 1.37 bits per heavy atom. The second kappa shape index (κ2) is 6.37. The Labute approximate surface area is 133 Å². The van der Waals surface area contributed by atoms with Crippen molar-refractivity contribution in [1.29, 1.82) is 0 Å². The van der Waals surface area contributed by atoms with Gasteiger partial charge in [0.2, 0.25) is 0 Å². The molecule has 1 aromatic heterocycles. The van der Waals surface area contributed by atoms with Crippen LogP contribution < -0.4 is 5.32 Å². The van der Waals surface area contributed by atoms with Crippen LogP contribution >= 0.6 is 43.2 Å². The zero-order valence-electron chi connectivity index (χ0n) is 11.0. The van der Waals surface area contributed by atoms with Gasteiger partial charge < -0.3 is 10.1 Å². The van der Waals surface area contributed by atoms with Gasteiger partial charge in [-0.15, -0.1) is 11.3 Å². The van der Waals surface area contributed by atoms with Gasteiger partial charge in [-0.05, 0) is 65.6 Å². The molecule has 1 N–H and O–H groups in total. The van der Waals surface area contributed by atoms with E-state index in [9.17, 15) is 9.59 Å². The Morgan fingerprint density at radius 2 is 1.95 bits per heavy atom. The van der Waals surface area contributed by atoms with E-state index in [1.54, 1.807) is 33.8 Å². The number of ether oxygens (including phenoxy) is 1. The third kappa shape index (κ3) is 5.24. The molecular formula is C12H15Br2NO3S. The summed E-state index contributed by atoms with van der Waals surface area (Å²) in [6.45, 7) is 6.95. The lowest BCUT2D eigenvalue weighted by atomic mass is 10.2. The molecule has 0 radical (unpaired) electrons. The third-order valence-electron chi connectivity index (χ3n) is 1.98. The molecule has 7 heteroatoms. The highest BCUT2D eigenvalue weighted by molar-refractivity contribution is 9.13. The van der Waals surface area contributed by atoms with Gasteiger partial charge >= 0.3 is 5.97 Å². The first-order chi connectivity index (χ1) is 8.60. The van der Waals surface area contributed by atoms with Gasteiger partial charge in [0, 0.05) is 4.47 Å². The molecule has 0 spiro atoms. The number of carbonyl (C=O) groups excluding carboxylic acids is 2. The number of halogens is 2. The van der Waals surface area contributed by atoms with Crippen molar-refractivity contribution in [2.45, 2.75) is 39.3 Å². The number of nitrogens with one attached hydrogen (secondary N) is 1. The minimum absolute atomic E-state index is 0.297. The minimum Gasteiger partial charge on any atom is -0.458 e. The largest absolute Gasteiger partial charge is 0.458 e. The molecule has 1 rings (SSSR count). The van der Waals surface area contributed by atoms with E-state index in [1.807, 2.05) is 0 Å². The van der Waals surface area contributed by atoms with Crippen LogP contribution in [0.3, 0.4) is 0 Å². The maximum absolute atomic E-state index is 11.9. The number of amides is 1. The van der Waals surface area contributed by atoms with E-state index in [-0.39, 0.29) is 5.91 Å². The Bertz CT molecular complexity index is 474. The fourth-order valence-electron chi connectivity index (χ4n) is 1.18. The maximum atomic E-state index is 11.9. The van der Waals surface area contributed by atoms with Crippen molar-refractivity contribution in [2.24, 2.45) is 0 Å². The summed E-state index contributed by atoms with van der Waals surface area (Å²) in [4.78, 5) is 24.2. The van der Waals surface area contributed by atoms with Gasteiger partial charge in [0.15, 0.2) is 0 Å². The topological polar surface area (TPSA) is 55.4 Å². The smallest absolute Gasteiger partial charge is 0.328 e. The van der Waals surface area contributed by atoms with Gasteiger partial charge in [-0.25, -0.2) is 4.79 Å². The molecule has 0 aliphatic carbocycles. The van der Waals surface area contributed by atoms with Crippen LogP contribution in [0.25, 0.3) is 0 Å². The molecule has 0 bridgehead atoms. The highest BCUT2D eigenvalue weighted by Gasteiger charge is 2.24. The van der Waals surface area contributed by atoms with Crippen LogP contribution in [-0.4, -0.2) is 23.5 Å². The Kier molecular flexibility index (Phi) is 5.58. The Hall–Kier alpha value is -0.400. The predicted molar refractivity (Wildman–Crippen MR) is 82.5 cm³/mol. The van der Waals surface area contributed by atoms with Crippen molar-refractivity contribution in [1.82, 2.24) is 5.32 Å². The van der Waals surface area contributed by atoms with E-state index < -0.39 is 17.6 Å². The van der Waals surface area contributed by atoms with Gasteiger partial charge in [-0.2, -0.15) is 0 Å². The molecule has 0 saturated carbocycles. The average Bonchev–Trinajstić information content (AvgIpc) is 2.56. The molecular weight excluding hydrogens is 398 g/mol. The van der Waals surface area contributed by atoms with Crippen molar-refractivity contribution in [2.75, 3.05) is 0 Å². The monoisotopic (exact) mass is 411 g/mol. The summed E-state index contributed by atoms with van der Waals surface area (Å²) < 4.78 is 6.84. The van der Waals surface area contributed by atoms with Crippen molar-refractivity contribution in [3.63, 3.8) is 0 Å². The fourth-order valence-corrected chi connectivity index (χ4v) is 3.11. The summed E-state index contributed by atoms with van der Waals surface area (Å²) in [6, 6.07) is 1.01. The lowest BCUT2D eigenvalue weighted by molar-refractivity contribution is -0.156. The normalized spacial score (nSPS) is 12.9. The van der Waals surface area contributed by atoms with Crippen LogP contribution in [0, 0.1) is 0 Å². The highest BCUT2D eigenvalue weighted by atomic mass is 79.9. The fraction of sp³-hybridized carbons (Fsp3) is 0.500. The molecule has 4 nitrogen and oxygen atoms in total. The first-order valence-electron chi connectivity index (χ1n) is 5.58. The maximum Gasteiger partial charge on any atom is 0.328 e. The Balaban J connectivity index is 2.64. The van der Waals surface area contributed by atoms with Gasteiger partial charge in [-0.1, -0.05) is 0 Å². The molecule has 1 aromatic rings. The first-order valence-corrected chi connectivity index (χ1v) is 7.99. The minimum atomic E-state index is -0.689. The summed E-state index contributed by atoms with van der Waals surface area (Å²) in [7, 11) is 0. The number of thiophene rings is 1. The number of esters is 1. The zero-order chi connectivity index (χ0) is 14.8. The van der Waals surface area contributed by atoms with Crippen molar-refractivity contribution in [3.8, 4) is 0 Å². The molecule has 19 heavy (non-hydrogen) atoms. The van der Waals surface area contributed by atoms with Crippen LogP contribution in [0.2, 0.25) is 0 Å². The quantitative estimate of drug-likeness (QED) is 0.769. The molecule has 0 aromatic carbocycles. The van der Waals surface area contributed by atoms with E-state index in [2.05, 4.69) is 37.2 Å². The van der Waals surface area contributed by atoms with Crippen LogP contribution in [0.1, 0.15) is 37.4 Å². The third-order valence-corrected chi connectivity index (χ3v) is 5.23. The summed E-state index contributed by atoms with van der Waals surface area (Å²) >= 11 is 7.93. The van der Waals surface area contributed by atoms with Crippen molar-refractivity contribution >= 4 is 55.1 Å². The average molecular weight is 413 g/mol. The SMILES string of the molecule is C[C@H](NC(=O)c1cc(Br)c(Br)s1)C(=O)OC(C)(C)C. The van der Waals surface area contributed by atoms with Crippen LogP contribution in [-0.2, 0) is 9.53 Å². The first kappa shape index (κ1) is 16.7. The van der Waals surface area contributed by atoms with Gasteiger partial charge in [-0.3, -0.25) is 4.79 Å². The molecule has 0 fully saturated rings. The summed E-state index contributed by atoms with van der Waals surface area (Å²) in [6.07, 6.45) is 0.